The number of ether oxygens (including phenoxy) is 3. The molecule has 70 heavy (non-hydrogen) atoms. The van der Waals surface area contributed by atoms with Crippen LogP contribution in [0.2, 0.25) is 0 Å². The van der Waals surface area contributed by atoms with E-state index in [2.05, 4.69) is 81.5 Å². The second-order valence-electron chi connectivity index (χ2n) is 20.3. The summed E-state index contributed by atoms with van der Waals surface area (Å²) in [6.07, 6.45) is 73.5. The third-order valence-electron chi connectivity index (χ3n) is 13.2. The topological polar surface area (TPSA) is 78.9 Å². The van der Waals surface area contributed by atoms with E-state index in [4.69, 9.17) is 14.2 Å². The second-order valence-corrected chi connectivity index (χ2v) is 20.3. The van der Waals surface area contributed by atoms with E-state index in [-0.39, 0.29) is 31.1 Å². The molecule has 0 amide bonds. The van der Waals surface area contributed by atoms with Crippen LogP contribution >= 0.6 is 0 Å². The van der Waals surface area contributed by atoms with Gasteiger partial charge in [-0.2, -0.15) is 0 Å². The number of rotatable bonds is 55. The first-order valence-corrected chi connectivity index (χ1v) is 30.3. The van der Waals surface area contributed by atoms with Crippen LogP contribution in [0.4, 0.5) is 0 Å². The maximum atomic E-state index is 12.9. The lowest BCUT2D eigenvalue weighted by Crippen LogP contribution is -2.30. The minimum Gasteiger partial charge on any atom is -0.462 e. The van der Waals surface area contributed by atoms with E-state index in [1.165, 1.54) is 180 Å². The number of hydrogen-bond donors (Lipinski definition) is 0. The molecule has 0 aromatic heterocycles. The minimum atomic E-state index is -0.782. The Bertz CT molecular complexity index is 1260. The Morgan fingerprint density at radius 2 is 0.514 bits per heavy atom. The molecule has 0 aliphatic rings. The molecule has 0 aromatic rings. The quantitative estimate of drug-likeness (QED) is 0.0261. The molecule has 1 atom stereocenters. The third kappa shape index (κ3) is 56.0. The Balaban J connectivity index is 4.35. The standard InChI is InChI=1S/C64H114O6/c1-4-7-10-13-16-19-22-25-27-29-31-32-34-35-37-39-42-45-48-51-54-57-63(66)69-60-61(59-68-62(65)56-53-50-47-44-41-24-21-18-15-12-9-6-3)70-64(67)58-55-52-49-46-43-40-38-36-33-30-28-26-23-20-17-14-11-8-5-2/h17,20,22,25-26,28-29,31,33,36,61H,4-16,18-19,21,23-24,27,30,32,34-35,37-60H2,1-3H3/b20-17-,25-22-,28-26-,31-29-,36-33-. The van der Waals surface area contributed by atoms with E-state index in [0.29, 0.717) is 19.3 Å². The average Bonchev–Trinajstić information content (AvgIpc) is 3.36. The minimum absolute atomic E-state index is 0.0783. The lowest BCUT2D eigenvalue weighted by atomic mass is 10.0. The highest BCUT2D eigenvalue weighted by molar-refractivity contribution is 5.71. The van der Waals surface area contributed by atoms with Gasteiger partial charge >= 0.3 is 17.9 Å². The fourth-order valence-corrected chi connectivity index (χ4v) is 8.66. The number of allylic oxidation sites excluding steroid dienone is 10. The van der Waals surface area contributed by atoms with Crippen molar-refractivity contribution >= 4 is 17.9 Å². The summed E-state index contributed by atoms with van der Waals surface area (Å²) in [6.45, 7) is 6.62. The molecule has 0 radical (unpaired) electrons. The van der Waals surface area contributed by atoms with E-state index in [0.717, 1.165) is 89.9 Å². The van der Waals surface area contributed by atoms with Gasteiger partial charge in [-0.25, -0.2) is 0 Å². The Hall–Kier alpha value is -2.89. The van der Waals surface area contributed by atoms with Crippen molar-refractivity contribution in [1.29, 1.82) is 0 Å². The zero-order valence-corrected chi connectivity index (χ0v) is 46.5. The summed E-state index contributed by atoms with van der Waals surface area (Å²) in [5.41, 5.74) is 0. The summed E-state index contributed by atoms with van der Waals surface area (Å²) in [5, 5.41) is 0. The molecule has 6 heteroatoms. The molecule has 6 nitrogen and oxygen atoms in total. The molecule has 0 bridgehead atoms. The van der Waals surface area contributed by atoms with Crippen LogP contribution in [-0.4, -0.2) is 37.2 Å². The van der Waals surface area contributed by atoms with Gasteiger partial charge in [0.05, 0.1) is 0 Å². The molecule has 0 rings (SSSR count). The van der Waals surface area contributed by atoms with Gasteiger partial charge in [-0.05, 0) is 89.9 Å². The van der Waals surface area contributed by atoms with Crippen LogP contribution in [0.1, 0.15) is 310 Å². The molecule has 0 fully saturated rings. The second kappa shape index (κ2) is 58.7. The summed E-state index contributed by atoms with van der Waals surface area (Å²) in [7, 11) is 0. The van der Waals surface area contributed by atoms with Crippen molar-refractivity contribution in [1.82, 2.24) is 0 Å². The zero-order valence-electron chi connectivity index (χ0n) is 46.5. The van der Waals surface area contributed by atoms with Crippen LogP contribution < -0.4 is 0 Å². The smallest absolute Gasteiger partial charge is 0.306 e. The van der Waals surface area contributed by atoms with Crippen LogP contribution in [-0.2, 0) is 28.6 Å². The fraction of sp³-hybridized carbons (Fsp3) is 0.797. The maximum Gasteiger partial charge on any atom is 0.306 e. The molecular weight excluding hydrogens is 865 g/mol. The SMILES string of the molecule is CCCCC/C=C\C/C=C\C/C=C\CCCCCCCCC(=O)OC(COC(=O)CCCCCCCCCCC/C=C\C/C=C\CCCCCCC)COC(=O)CCCCCCCCCCCCCC. The Labute approximate surface area is 434 Å². The van der Waals surface area contributed by atoms with Crippen LogP contribution in [0.25, 0.3) is 0 Å². The van der Waals surface area contributed by atoms with Gasteiger partial charge in [-0.1, -0.05) is 261 Å². The van der Waals surface area contributed by atoms with Crippen LogP contribution in [0.5, 0.6) is 0 Å². The van der Waals surface area contributed by atoms with Crippen molar-refractivity contribution in [2.24, 2.45) is 0 Å². The summed E-state index contributed by atoms with van der Waals surface area (Å²) in [6, 6.07) is 0. The average molecular weight is 980 g/mol. The zero-order chi connectivity index (χ0) is 50.7. The summed E-state index contributed by atoms with van der Waals surface area (Å²) in [4.78, 5) is 38.2. The monoisotopic (exact) mass is 979 g/mol. The largest absolute Gasteiger partial charge is 0.462 e. The van der Waals surface area contributed by atoms with Crippen molar-refractivity contribution in [2.45, 2.75) is 316 Å². The number of hydrogen-bond acceptors (Lipinski definition) is 6. The normalized spacial score (nSPS) is 12.4. The van der Waals surface area contributed by atoms with Gasteiger partial charge in [0.15, 0.2) is 6.10 Å². The van der Waals surface area contributed by atoms with E-state index in [9.17, 15) is 14.4 Å². The molecule has 0 saturated carbocycles. The van der Waals surface area contributed by atoms with Gasteiger partial charge in [0.2, 0.25) is 0 Å². The van der Waals surface area contributed by atoms with Crippen molar-refractivity contribution < 1.29 is 28.6 Å². The highest BCUT2D eigenvalue weighted by atomic mass is 16.6. The Kier molecular flexibility index (Phi) is 56.3. The molecule has 0 aliphatic heterocycles. The molecule has 0 heterocycles. The van der Waals surface area contributed by atoms with Crippen molar-refractivity contribution in [2.75, 3.05) is 13.2 Å². The molecule has 0 spiro atoms. The molecule has 0 saturated heterocycles. The number of carbonyl (C=O) groups excluding carboxylic acids is 3. The van der Waals surface area contributed by atoms with Gasteiger partial charge in [-0.15, -0.1) is 0 Å². The molecular formula is C64H114O6. The van der Waals surface area contributed by atoms with Crippen molar-refractivity contribution in [3.63, 3.8) is 0 Å². The maximum absolute atomic E-state index is 12.9. The number of carbonyl (C=O) groups is 3. The summed E-state index contributed by atoms with van der Waals surface area (Å²) >= 11 is 0. The number of unbranched alkanes of at least 4 members (excludes halogenated alkanes) is 34. The van der Waals surface area contributed by atoms with E-state index >= 15 is 0 Å². The van der Waals surface area contributed by atoms with Gasteiger partial charge in [0, 0.05) is 19.3 Å². The van der Waals surface area contributed by atoms with Gasteiger partial charge < -0.3 is 14.2 Å². The van der Waals surface area contributed by atoms with Crippen LogP contribution in [0.15, 0.2) is 60.8 Å². The van der Waals surface area contributed by atoms with E-state index in [1.807, 2.05) is 0 Å². The molecule has 1 unspecified atom stereocenters. The predicted molar refractivity (Wildman–Crippen MR) is 302 cm³/mol. The highest BCUT2D eigenvalue weighted by Gasteiger charge is 2.19. The molecule has 0 N–H and O–H groups in total. The Morgan fingerprint density at radius 3 is 0.829 bits per heavy atom. The third-order valence-corrected chi connectivity index (χ3v) is 13.2. The van der Waals surface area contributed by atoms with Gasteiger partial charge in [0.1, 0.15) is 13.2 Å². The molecule has 0 aliphatic carbocycles. The lowest BCUT2D eigenvalue weighted by molar-refractivity contribution is -0.167. The van der Waals surface area contributed by atoms with Crippen molar-refractivity contribution in [3.8, 4) is 0 Å². The van der Waals surface area contributed by atoms with Gasteiger partial charge in [-0.3, -0.25) is 14.4 Å². The molecule has 0 aromatic carbocycles. The number of esters is 3. The predicted octanol–water partition coefficient (Wildman–Crippen LogP) is 20.4. The highest BCUT2D eigenvalue weighted by Crippen LogP contribution is 2.16. The van der Waals surface area contributed by atoms with E-state index < -0.39 is 6.10 Å². The summed E-state index contributed by atoms with van der Waals surface area (Å²) < 4.78 is 16.9. The first kappa shape index (κ1) is 67.1. The fourth-order valence-electron chi connectivity index (χ4n) is 8.66. The first-order valence-electron chi connectivity index (χ1n) is 30.3. The van der Waals surface area contributed by atoms with Crippen LogP contribution in [0.3, 0.4) is 0 Å². The van der Waals surface area contributed by atoms with E-state index in [1.54, 1.807) is 0 Å². The summed E-state index contributed by atoms with van der Waals surface area (Å²) in [5.74, 6) is -0.882. The first-order chi connectivity index (χ1) is 34.5. The Morgan fingerprint density at radius 1 is 0.286 bits per heavy atom. The van der Waals surface area contributed by atoms with Crippen LogP contribution in [0, 0.1) is 0 Å². The van der Waals surface area contributed by atoms with Gasteiger partial charge in [0.25, 0.3) is 0 Å². The lowest BCUT2D eigenvalue weighted by Gasteiger charge is -2.18. The molecule has 406 valence electrons. The van der Waals surface area contributed by atoms with Crippen molar-refractivity contribution in [3.05, 3.63) is 60.8 Å².